The summed E-state index contributed by atoms with van der Waals surface area (Å²) in [6, 6.07) is 8.75. The van der Waals surface area contributed by atoms with E-state index in [0.717, 1.165) is 13.0 Å². The average molecular weight is 221 g/mol. The maximum Gasteiger partial charge on any atom is 0.0447 e. The normalized spacial score (nSPS) is 12.5. The van der Waals surface area contributed by atoms with Crippen molar-refractivity contribution in [3.8, 4) is 0 Å². The van der Waals surface area contributed by atoms with Crippen molar-refractivity contribution < 1.29 is 5.11 Å². The molecule has 0 aliphatic rings. The highest BCUT2D eigenvalue weighted by Gasteiger charge is 2.04. The summed E-state index contributed by atoms with van der Waals surface area (Å²) >= 11 is 0. The average Bonchev–Trinajstić information content (AvgIpc) is 2.35. The minimum absolute atomic E-state index is 0.259. The van der Waals surface area contributed by atoms with Crippen LogP contribution >= 0.6 is 0 Å². The predicted octanol–water partition coefficient (Wildman–Crippen LogP) is 3.02. The molecular weight excluding hydrogens is 198 g/mol. The summed E-state index contributed by atoms with van der Waals surface area (Å²) in [6.07, 6.45) is 2.00. The van der Waals surface area contributed by atoms with Crippen LogP contribution in [-0.2, 0) is 0 Å². The van der Waals surface area contributed by atoms with Crippen LogP contribution in [0.2, 0.25) is 0 Å². The Bertz CT molecular complexity index is 294. The Kier molecular flexibility index (Phi) is 5.33. The highest BCUT2D eigenvalue weighted by atomic mass is 16.3. The van der Waals surface area contributed by atoms with Crippen molar-refractivity contribution in [3.05, 3.63) is 29.8 Å². The lowest BCUT2D eigenvalue weighted by molar-refractivity contribution is 0.290. The van der Waals surface area contributed by atoms with Gasteiger partial charge < -0.3 is 10.0 Å². The smallest absolute Gasteiger partial charge is 0.0447 e. The first-order valence-electron chi connectivity index (χ1n) is 6.11. The first-order valence-corrected chi connectivity index (χ1v) is 6.11. The van der Waals surface area contributed by atoms with E-state index in [9.17, 15) is 0 Å². The Hall–Kier alpha value is -1.02. The molecule has 1 unspecified atom stereocenters. The molecule has 1 atom stereocenters. The van der Waals surface area contributed by atoms with Crippen molar-refractivity contribution in [2.75, 3.05) is 25.1 Å². The minimum Gasteiger partial charge on any atom is -0.396 e. The molecule has 0 spiro atoms. The zero-order valence-corrected chi connectivity index (χ0v) is 10.6. The van der Waals surface area contributed by atoms with E-state index in [1.54, 1.807) is 0 Å². The van der Waals surface area contributed by atoms with Crippen LogP contribution in [-0.4, -0.2) is 25.3 Å². The van der Waals surface area contributed by atoms with Crippen molar-refractivity contribution in [1.29, 1.82) is 0 Å². The Balaban J connectivity index is 2.63. The van der Waals surface area contributed by atoms with Crippen LogP contribution < -0.4 is 4.90 Å². The van der Waals surface area contributed by atoms with Gasteiger partial charge in [0.2, 0.25) is 0 Å². The highest BCUT2D eigenvalue weighted by molar-refractivity contribution is 5.47. The number of rotatable bonds is 6. The molecule has 2 nitrogen and oxygen atoms in total. The molecule has 90 valence electrons. The molecule has 0 heterocycles. The number of nitrogens with zero attached hydrogens (tertiary/aromatic N) is 1. The molecule has 16 heavy (non-hydrogen) atoms. The van der Waals surface area contributed by atoms with E-state index >= 15 is 0 Å². The monoisotopic (exact) mass is 221 g/mol. The summed E-state index contributed by atoms with van der Waals surface area (Å²) in [7, 11) is 2.06. The molecule has 0 fully saturated rings. The molecule has 0 radical (unpaired) electrons. The zero-order valence-electron chi connectivity index (χ0n) is 10.6. The topological polar surface area (TPSA) is 23.5 Å². The van der Waals surface area contributed by atoms with E-state index in [-0.39, 0.29) is 6.61 Å². The largest absolute Gasteiger partial charge is 0.396 e. The predicted molar refractivity (Wildman–Crippen MR) is 70.1 cm³/mol. The second-order valence-corrected chi connectivity index (χ2v) is 4.40. The molecule has 1 N–H and O–H groups in total. The fourth-order valence-corrected chi connectivity index (χ4v) is 1.73. The van der Waals surface area contributed by atoms with Gasteiger partial charge in [-0.3, -0.25) is 0 Å². The van der Waals surface area contributed by atoms with Crippen LogP contribution in [0.15, 0.2) is 24.3 Å². The Labute approximate surface area is 98.9 Å². The Morgan fingerprint density at radius 3 is 2.38 bits per heavy atom. The lowest BCUT2D eigenvalue weighted by atomic mass is 9.98. The lowest BCUT2D eigenvalue weighted by Gasteiger charge is -2.19. The van der Waals surface area contributed by atoms with Crippen LogP contribution in [0.3, 0.4) is 0 Å². The van der Waals surface area contributed by atoms with Crippen molar-refractivity contribution >= 4 is 5.69 Å². The molecule has 1 aromatic rings. The SMILES string of the molecule is CCC(C)c1ccc(N(C)CCCO)cc1. The Morgan fingerprint density at radius 2 is 1.88 bits per heavy atom. The van der Waals surface area contributed by atoms with Crippen LogP contribution in [0.4, 0.5) is 5.69 Å². The van der Waals surface area contributed by atoms with Crippen LogP contribution in [0.5, 0.6) is 0 Å². The molecule has 1 aromatic carbocycles. The van der Waals surface area contributed by atoms with Gasteiger partial charge in [0.15, 0.2) is 0 Å². The Morgan fingerprint density at radius 1 is 1.25 bits per heavy atom. The van der Waals surface area contributed by atoms with Gasteiger partial charge in [-0.1, -0.05) is 26.0 Å². The molecule has 0 amide bonds. The lowest BCUT2D eigenvalue weighted by Crippen LogP contribution is -2.19. The van der Waals surface area contributed by atoms with Crippen molar-refractivity contribution in [2.45, 2.75) is 32.6 Å². The van der Waals surface area contributed by atoms with Crippen molar-refractivity contribution in [1.82, 2.24) is 0 Å². The molecule has 0 bridgehead atoms. The second-order valence-electron chi connectivity index (χ2n) is 4.40. The molecule has 1 rings (SSSR count). The number of anilines is 1. The second kappa shape index (κ2) is 6.54. The van der Waals surface area contributed by atoms with Crippen molar-refractivity contribution in [2.24, 2.45) is 0 Å². The third-order valence-electron chi connectivity index (χ3n) is 3.17. The summed E-state index contributed by atoms with van der Waals surface area (Å²) in [6.45, 7) is 5.63. The fraction of sp³-hybridized carbons (Fsp3) is 0.571. The van der Waals surface area contributed by atoms with Gasteiger partial charge in [0, 0.05) is 25.9 Å². The number of aliphatic hydroxyl groups excluding tert-OH is 1. The quantitative estimate of drug-likeness (QED) is 0.798. The summed E-state index contributed by atoms with van der Waals surface area (Å²) in [5.41, 5.74) is 2.63. The molecule has 0 aromatic heterocycles. The van der Waals surface area contributed by atoms with Gasteiger partial charge in [-0.05, 0) is 36.5 Å². The molecule has 2 heteroatoms. The molecule has 0 aliphatic carbocycles. The number of benzene rings is 1. The van der Waals surface area contributed by atoms with Crippen molar-refractivity contribution in [3.63, 3.8) is 0 Å². The van der Waals surface area contributed by atoms with Gasteiger partial charge in [-0.15, -0.1) is 0 Å². The van der Waals surface area contributed by atoms with Gasteiger partial charge in [0.05, 0.1) is 0 Å². The highest BCUT2D eigenvalue weighted by Crippen LogP contribution is 2.21. The van der Waals surface area contributed by atoms with E-state index < -0.39 is 0 Å². The molecule has 0 saturated carbocycles. The van der Waals surface area contributed by atoms with Gasteiger partial charge in [-0.25, -0.2) is 0 Å². The van der Waals surface area contributed by atoms with Crippen LogP contribution in [0.25, 0.3) is 0 Å². The van der Waals surface area contributed by atoms with Gasteiger partial charge >= 0.3 is 0 Å². The fourth-order valence-electron chi connectivity index (χ4n) is 1.73. The maximum absolute atomic E-state index is 8.78. The van der Waals surface area contributed by atoms with E-state index in [1.165, 1.54) is 17.7 Å². The summed E-state index contributed by atoms with van der Waals surface area (Å²) in [5.74, 6) is 0.636. The first-order chi connectivity index (χ1) is 7.69. The van der Waals surface area contributed by atoms with Gasteiger partial charge in [0.25, 0.3) is 0 Å². The van der Waals surface area contributed by atoms with Gasteiger partial charge in [0.1, 0.15) is 0 Å². The third-order valence-corrected chi connectivity index (χ3v) is 3.17. The third kappa shape index (κ3) is 3.53. The zero-order chi connectivity index (χ0) is 12.0. The maximum atomic E-state index is 8.78. The number of hydrogen-bond acceptors (Lipinski definition) is 2. The molecule has 0 saturated heterocycles. The van der Waals surface area contributed by atoms with E-state index in [0.29, 0.717) is 5.92 Å². The molecule has 0 aliphatic heterocycles. The standard InChI is InChI=1S/C14H23NO/c1-4-12(2)13-6-8-14(9-7-13)15(3)10-5-11-16/h6-9,12,16H,4-5,10-11H2,1-3H3. The van der Waals surface area contributed by atoms with Crippen LogP contribution in [0.1, 0.15) is 38.2 Å². The number of aliphatic hydroxyl groups is 1. The summed E-state index contributed by atoms with van der Waals surface area (Å²) in [4.78, 5) is 2.18. The van der Waals surface area contributed by atoms with E-state index in [1.807, 2.05) is 0 Å². The summed E-state index contributed by atoms with van der Waals surface area (Å²) < 4.78 is 0. The minimum atomic E-state index is 0.259. The van der Waals surface area contributed by atoms with E-state index in [2.05, 4.69) is 50.1 Å². The van der Waals surface area contributed by atoms with E-state index in [4.69, 9.17) is 5.11 Å². The number of hydrogen-bond donors (Lipinski definition) is 1. The van der Waals surface area contributed by atoms with Gasteiger partial charge in [-0.2, -0.15) is 0 Å². The first kappa shape index (κ1) is 13.0. The van der Waals surface area contributed by atoms with Crippen LogP contribution in [0, 0.1) is 0 Å². The summed E-state index contributed by atoms with van der Waals surface area (Å²) in [5, 5.41) is 8.78. The molecular formula is C14H23NO.